The van der Waals surface area contributed by atoms with Crippen LogP contribution in [-0.4, -0.2) is 20.5 Å². The van der Waals surface area contributed by atoms with Crippen molar-refractivity contribution in [3.8, 4) is 0 Å². The summed E-state index contributed by atoms with van der Waals surface area (Å²) in [5.41, 5.74) is 0.771. The molecule has 19 heavy (non-hydrogen) atoms. The van der Waals surface area contributed by atoms with Crippen LogP contribution in [0.1, 0.15) is 38.7 Å². The van der Waals surface area contributed by atoms with Gasteiger partial charge in [-0.3, -0.25) is 0 Å². The highest BCUT2D eigenvalue weighted by Crippen LogP contribution is 2.35. The molecule has 1 aliphatic carbocycles. The predicted octanol–water partition coefficient (Wildman–Crippen LogP) is 2.02. The van der Waals surface area contributed by atoms with Gasteiger partial charge in [0.15, 0.2) is 0 Å². The lowest BCUT2D eigenvalue weighted by Gasteiger charge is -2.13. The smallest absolute Gasteiger partial charge is 0.241 e. The molecule has 0 aliphatic heterocycles. The average molecular weight is 282 g/mol. The molecule has 1 aromatic rings. The fourth-order valence-corrected chi connectivity index (χ4v) is 3.44. The number of hydrogen-bond donors (Lipinski definition) is 2. The molecule has 0 atom stereocenters. The molecule has 0 bridgehead atoms. The van der Waals surface area contributed by atoms with E-state index in [-0.39, 0.29) is 5.54 Å². The van der Waals surface area contributed by atoms with E-state index in [1.165, 1.54) is 0 Å². The first-order valence-electron chi connectivity index (χ1n) is 6.79. The molecule has 0 spiro atoms. The second kappa shape index (κ2) is 5.61. The van der Waals surface area contributed by atoms with E-state index in [1.807, 2.05) is 13.0 Å². The summed E-state index contributed by atoms with van der Waals surface area (Å²) in [6, 6.07) is 7.14. The largest absolute Gasteiger partial charge is 0.313 e. The van der Waals surface area contributed by atoms with Crippen LogP contribution < -0.4 is 10.0 Å². The molecule has 0 unspecified atom stereocenters. The van der Waals surface area contributed by atoms with Crippen molar-refractivity contribution in [2.75, 3.05) is 6.54 Å². The van der Waals surface area contributed by atoms with Crippen LogP contribution >= 0.6 is 0 Å². The van der Waals surface area contributed by atoms with E-state index >= 15 is 0 Å². The van der Waals surface area contributed by atoms with Crippen molar-refractivity contribution >= 4 is 10.0 Å². The Balaban J connectivity index is 2.09. The van der Waals surface area contributed by atoms with Crippen molar-refractivity contribution < 1.29 is 8.42 Å². The van der Waals surface area contributed by atoms with Crippen molar-refractivity contribution in [3.63, 3.8) is 0 Å². The number of sulfonamides is 1. The molecule has 0 heterocycles. The summed E-state index contributed by atoms with van der Waals surface area (Å²) in [6.45, 7) is 5.69. The van der Waals surface area contributed by atoms with Gasteiger partial charge in [0.25, 0.3) is 0 Å². The van der Waals surface area contributed by atoms with Crippen molar-refractivity contribution in [1.29, 1.82) is 0 Å². The summed E-state index contributed by atoms with van der Waals surface area (Å²) in [6.07, 6.45) is 2.91. The van der Waals surface area contributed by atoms with Crippen LogP contribution in [0.2, 0.25) is 0 Å². The van der Waals surface area contributed by atoms with Gasteiger partial charge >= 0.3 is 0 Å². The van der Waals surface area contributed by atoms with Crippen molar-refractivity contribution in [2.45, 2.75) is 50.1 Å². The van der Waals surface area contributed by atoms with Crippen LogP contribution in [0, 0.1) is 0 Å². The molecule has 1 aromatic carbocycles. The highest BCUT2D eigenvalue weighted by Gasteiger charge is 2.41. The Morgan fingerprint density at radius 3 is 2.68 bits per heavy atom. The van der Waals surface area contributed by atoms with E-state index in [4.69, 9.17) is 0 Å². The Morgan fingerprint density at radius 1 is 1.32 bits per heavy atom. The van der Waals surface area contributed by atoms with Crippen LogP contribution in [0.15, 0.2) is 29.2 Å². The van der Waals surface area contributed by atoms with Gasteiger partial charge in [0.1, 0.15) is 0 Å². The lowest BCUT2D eigenvalue weighted by Crippen LogP contribution is -2.34. The highest BCUT2D eigenvalue weighted by molar-refractivity contribution is 7.89. The first-order chi connectivity index (χ1) is 8.95. The van der Waals surface area contributed by atoms with E-state index < -0.39 is 10.0 Å². The van der Waals surface area contributed by atoms with Gasteiger partial charge in [0.2, 0.25) is 10.0 Å². The van der Waals surface area contributed by atoms with Gasteiger partial charge in [-0.25, -0.2) is 13.1 Å². The molecule has 4 nitrogen and oxygen atoms in total. The summed E-state index contributed by atoms with van der Waals surface area (Å²) in [7, 11) is -3.39. The lowest BCUT2D eigenvalue weighted by atomic mass is 10.2. The predicted molar refractivity (Wildman–Crippen MR) is 76.4 cm³/mol. The molecule has 2 rings (SSSR count). The summed E-state index contributed by atoms with van der Waals surface area (Å²) in [5.74, 6) is 0. The van der Waals surface area contributed by atoms with Crippen molar-refractivity contribution in [2.24, 2.45) is 0 Å². The van der Waals surface area contributed by atoms with E-state index in [2.05, 4.69) is 17.0 Å². The third-order valence-corrected chi connectivity index (χ3v) is 4.98. The third kappa shape index (κ3) is 4.03. The molecule has 0 saturated heterocycles. The van der Waals surface area contributed by atoms with Crippen LogP contribution in [0.25, 0.3) is 0 Å². The Morgan fingerprint density at radius 2 is 2.05 bits per heavy atom. The maximum Gasteiger partial charge on any atom is 0.241 e. The molecule has 2 N–H and O–H groups in total. The van der Waals surface area contributed by atoms with Gasteiger partial charge < -0.3 is 5.32 Å². The Kier molecular flexibility index (Phi) is 4.28. The minimum atomic E-state index is -3.39. The minimum absolute atomic E-state index is 0.227. The average Bonchev–Trinajstić information content (AvgIpc) is 3.06. The number of benzene rings is 1. The summed E-state index contributed by atoms with van der Waals surface area (Å²) < 4.78 is 27.2. The first kappa shape index (κ1) is 14.5. The highest BCUT2D eigenvalue weighted by atomic mass is 32.2. The summed E-state index contributed by atoms with van der Waals surface area (Å²) in [5, 5.41) is 3.28. The zero-order valence-corrected chi connectivity index (χ0v) is 12.4. The van der Waals surface area contributed by atoms with Gasteiger partial charge in [-0.1, -0.05) is 19.1 Å². The zero-order valence-electron chi connectivity index (χ0n) is 11.6. The normalized spacial score (nSPS) is 17.4. The Bertz CT molecular complexity index is 536. The molecule has 0 radical (unpaired) electrons. The fraction of sp³-hybridized carbons (Fsp3) is 0.571. The number of rotatable bonds is 7. The number of hydrogen-bond acceptors (Lipinski definition) is 3. The van der Waals surface area contributed by atoms with E-state index in [1.54, 1.807) is 18.2 Å². The maximum absolute atomic E-state index is 12.2. The molecular weight excluding hydrogens is 260 g/mol. The van der Waals surface area contributed by atoms with Crippen LogP contribution in [-0.2, 0) is 16.6 Å². The van der Waals surface area contributed by atoms with Gasteiger partial charge in [0.05, 0.1) is 4.90 Å². The molecule has 1 fully saturated rings. The lowest BCUT2D eigenvalue weighted by molar-refractivity contribution is 0.557. The minimum Gasteiger partial charge on any atom is -0.313 e. The topological polar surface area (TPSA) is 58.2 Å². The van der Waals surface area contributed by atoms with Crippen molar-refractivity contribution in [1.82, 2.24) is 10.0 Å². The monoisotopic (exact) mass is 282 g/mol. The van der Waals surface area contributed by atoms with Crippen LogP contribution in [0.5, 0.6) is 0 Å². The van der Waals surface area contributed by atoms with Gasteiger partial charge in [-0.05, 0) is 50.4 Å². The van der Waals surface area contributed by atoms with Gasteiger partial charge in [-0.2, -0.15) is 0 Å². The van der Waals surface area contributed by atoms with Gasteiger partial charge in [0, 0.05) is 12.1 Å². The Hall–Kier alpha value is -0.910. The second-order valence-electron chi connectivity index (χ2n) is 5.49. The molecule has 5 heteroatoms. The standard InChI is InChI=1S/C14H22N2O2S/c1-3-9-15-11-12-5-4-6-13(10-12)19(17,18)16-14(2)7-8-14/h4-6,10,15-16H,3,7-9,11H2,1-2H3. The molecule has 0 aromatic heterocycles. The second-order valence-corrected chi connectivity index (χ2v) is 7.17. The van der Waals surface area contributed by atoms with E-state index in [0.717, 1.165) is 31.4 Å². The first-order valence-corrected chi connectivity index (χ1v) is 8.27. The summed E-state index contributed by atoms with van der Waals surface area (Å²) in [4.78, 5) is 0.358. The maximum atomic E-state index is 12.2. The van der Waals surface area contributed by atoms with E-state index in [0.29, 0.717) is 11.4 Å². The van der Waals surface area contributed by atoms with Crippen LogP contribution in [0.3, 0.4) is 0 Å². The quantitative estimate of drug-likeness (QED) is 0.752. The number of nitrogens with one attached hydrogen (secondary N) is 2. The summed E-state index contributed by atoms with van der Waals surface area (Å²) >= 11 is 0. The third-order valence-electron chi connectivity index (χ3n) is 3.35. The molecule has 1 aliphatic rings. The van der Waals surface area contributed by atoms with Crippen molar-refractivity contribution in [3.05, 3.63) is 29.8 Å². The molecular formula is C14H22N2O2S. The SMILES string of the molecule is CCCNCc1cccc(S(=O)(=O)NC2(C)CC2)c1. The molecule has 1 saturated carbocycles. The molecule has 0 amide bonds. The van der Waals surface area contributed by atoms with Crippen LogP contribution in [0.4, 0.5) is 0 Å². The zero-order chi connectivity index (χ0) is 13.9. The Labute approximate surface area is 115 Å². The van der Waals surface area contributed by atoms with Gasteiger partial charge in [-0.15, -0.1) is 0 Å². The fourth-order valence-electron chi connectivity index (χ4n) is 1.90. The van der Waals surface area contributed by atoms with E-state index in [9.17, 15) is 8.42 Å². The molecule has 106 valence electrons.